The van der Waals surface area contributed by atoms with Crippen LogP contribution in [0.3, 0.4) is 0 Å². The normalized spacial score (nSPS) is 23.3. The molecule has 0 N–H and O–H groups in total. The van der Waals surface area contributed by atoms with Gasteiger partial charge in [-0.3, -0.25) is 19.2 Å². The summed E-state index contributed by atoms with van der Waals surface area (Å²) in [5.74, 6) is -4.47. The number of imide groups is 1. The van der Waals surface area contributed by atoms with Crippen LogP contribution in [0.15, 0.2) is 109 Å². The van der Waals surface area contributed by atoms with E-state index >= 15 is 0 Å². The zero-order chi connectivity index (χ0) is 26.0. The number of ketones is 2. The average molecular weight is 500 g/mol. The molecule has 0 unspecified atom stereocenters. The quantitative estimate of drug-likeness (QED) is 0.291. The smallest absolute Gasteiger partial charge is 0.241 e. The van der Waals surface area contributed by atoms with Gasteiger partial charge in [0.25, 0.3) is 0 Å². The van der Waals surface area contributed by atoms with Crippen LogP contribution in [-0.2, 0) is 14.3 Å². The minimum absolute atomic E-state index is 0.218. The number of amides is 2. The number of Topliss-reactive ketones (excluding diaryl/α,β-unsaturated/α-hetero) is 2. The first kappa shape index (κ1) is 22.5. The van der Waals surface area contributed by atoms with E-state index in [1.807, 2.05) is 48.5 Å². The molecule has 1 spiro atoms. The van der Waals surface area contributed by atoms with Gasteiger partial charge in [-0.15, -0.1) is 0 Å². The predicted octanol–water partition coefficient (Wildman–Crippen LogP) is 5.05. The van der Waals surface area contributed by atoms with Gasteiger partial charge >= 0.3 is 0 Å². The summed E-state index contributed by atoms with van der Waals surface area (Å²) in [5, 5.41) is 0. The van der Waals surface area contributed by atoms with Crippen LogP contribution in [0.25, 0.3) is 11.1 Å². The molecule has 0 saturated carbocycles. The second kappa shape index (κ2) is 8.16. The van der Waals surface area contributed by atoms with Crippen LogP contribution < -0.4 is 4.90 Å². The molecule has 6 nitrogen and oxygen atoms in total. The SMILES string of the molecule is O=C1[C@H]2[C@@H](C(=O)N1c1ccc(-c3ccccc3)cc1)C1(O[C@H]2c2ccccc2)C(=O)c2ccccc2C1=O. The standard InChI is InChI=1S/C32H21NO5/c34-28-23-13-7-8-14-24(23)29(35)32(28)26-25(27(38-32)21-11-5-2-6-12-21)30(36)33(31(26)37)22-17-15-20(16-18-22)19-9-3-1-4-10-19/h1-18,25-27H/t25-,26-,27-/m0/s1. The number of fused-ring (bicyclic) bond motifs is 3. The molecule has 0 radical (unpaired) electrons. The maximum atomic E-state index is 14.1. The first-order valence-corrected chi connectivity index (χ1v) is 12.5. The number of anilines is 1. The first-order valence-electron chi connectivity index (χ1n) is 12.5. The molecule has 1 aliphatic carbocycles. The zero-order valence-corrected chi connectivity index (χ0v) is 20.1. The Morgan fingerprint density at radius 3 is 1.71 bits per heavy atom. The van der Waals surface area contributed by atoms with E-state index < -0.39 is 46.9 Å². The fourth-order valence-electron chi connectivity index (χ4n) is 6.15. The molecule has 2 fully saturated rings. The molecule has 184 valence electrons. The highest BCUT2D eigenvalue weighted by Crippen LogP contribution is 2.57. The Labute approximate surface area is 218 Å². The molecule has 2 saturated heterocycles. The zero-order valence-electron chi connectivity index (χ0n) is 20.1. The molecule has 4 aromatic rings. The third kappa shape index (κ3) is 2.92. The van der Waals surface area contributed by atoms with Crippen molar-refractivity contribution < 1.29 is 23.9 Å². The summed E-state index contributed by atoms with van der Waals surface area (Å²) in [5.41, 5.74) is 1.34. The third-order valence-electron chi connectivity index (χ3n) is 7.88. The van der Waals surface area contributed by atoms with E-state index in [1.165, 1.54) is 0 Å². The highest BCUT2D eigenvalue weighted by atomic mass is 16.5. The Morgan fingerprint density at radius 1 is 0.579 bits per heavy atom. The number of ether oxygens (including phenoxy) is 1. The lowest BCUT2D eigenvalue weighted by atomic mass is 9.77. The van der Waals surface area contributed by atoms with Crippen LogP contribution in [0.5, 0.6) is 0 Å². The van der Waals surface area contributed by atoms with Crippen molar-refractivity contribution in [2.75, 3.05) is 4.90 Å². The van der Waals surface area contributed by atoms with Crippen molar-refractivity contribution in [2.24, 2.45) is 11.8 Å². The average Bonchev–Trinajstić information content (AvgIpc) is 3.54. The van der Waals surface area contributed by atoms with E-state index in [-0.39, 0.29) is 11.1 Å². The van der Waals surface area contributed by atoms with Crippen LogP contribution in [-0.4, -0.2) is 29.0 Å². The van der Waals surface area contributed by atoms with Crippen molar-refractivity contribution in [2.45, 2.75) is 11.7 Å². The lowest BCUT2D eigenvalue weighted by Crippen LogP contribution is -2.51. The summed E-state index contributed by atoms with van der Waals surface area (Å²) < 4.78 is 6.30. The predicted molar refractivity (Wildman–Crippen MR) is 139 cm³/mol. The van der Waals surface area contributed by atoms with E-state index in [1.54, 1.807) is 60.7 Å². The van der Waals surface area contributed by atoms with Crippen LogP contribution in [0.4, 0.5) is 5.69 Å². The summed E-state index contributed by atoms with van der Waals surface area (Å²) in [6.45, 7) is 0. The molecule has 2 aliphatic heterocycles. The molecule has 2 heterocycles. The highest BCUT2D eigenvalue weighted by Gasteiger charge is 2.74. The molecule has 4 aromatic carbocycles. The van der Waals surface area contributed by atoms with Crippen LogP contribution in [0.2, 0.25) is 0 Å². The number of hydrogen-bond acceptors (Lipinski definition) is 5. The van der Waals surface area contributed by atoms with Crippen LogP contribution >= 0.6 is 0 Å². The topological polar surface area (TPSA) is 80.8 Å². The molecule has 2 amide bonds. The van der Waals surface area contributed by atoms with Crippen molar-refractivity contribution in [3.05, 3.63) is 126 Å². The van der Waals surface area contributed by atoms with E-state index in [9.17, 15) is 19.2 Å². The minimum atomic E-state index is -2.07. The summed E-state index contributed by atoms with van der Waals surface area (Å²) >= 11 is 0. The van der Waals surface area contributed by atoms with Gasteiger partial charge in [0.1, 0.15) is 0 Å². The Morgan fingerprint density at radius 2 is 1.11 bits per heavy atom. The summed E-state index contributed by atoms with van der Waals surface area (Å²) in [4.78, 5) is 56.8. The van der Waals surface area contributed by atoms with Crippen molar-refractivity contribution in [3.63, 3.8) is 0 Å². The van der Waals surface area contributed by atoms with Gasteiger partial charge in [-0.25, -0.2) is 4.90 Å². The number of carbonyl (C=O) groups excluding carboxylic acids is 4. The monoisotopic (exact) mass is 499 g/mol. The van der Waals surface area contributed by atoms with Crippen molar-refractivity contribution >= 4 is 29.1 Å². The maximum Gasteiger partial charge on any atom is 0.241 e. The fraction of sp³-hybridized carbons (Fsp3) is 0.125. The molecule has 7 rings (SSSR count). The Kier molecular flexibility index (Phi) is 4.84. The molecule has 0 aromatic heterocycles. The van der Waals surface area contributed by atoms with Crippen molar-refractivity contribution in [3.8, 4) is 11.1 Å². The maximum absolute atomic E-state index is 14.1. The van der Waals surface area contributed by atoms with E-state index in [0.717, 1.165) is 16.0 Å². The molecule has 0 bridgehead atoms. The van der Waals surface area contributed by atoms with Gasteiger partial charge in [-0.05, 0) is 28.8 Å². The van der Waals surface area contributed by atoms with Crippen LogP contribution in [0.1, 0.15) is 32.4 Å². The van der Waals surface area contributed by atoms with Gasteiger partial charge < -0.3 is 4.74 Å². The largest absolute Gasteiger partial charge is 0.349 e. The molecule has 3 aliphatic rings. The van der Waals surface area contributed by atoms with E-state index in [0.29, 0.717) is 11.3 Å². The van der Waals surface area contributed by atoms with Gasteiger partial charge in [-0.1, -0.05) is 97.1 Å². The number of benzene rings is 4. The van der Waals surface area contributed by atoms with Gasteiger partial charge in [0.2, 0.25) is 29.0 Å². The number of rotatable bonds is 3. The highest BCUT2D eigenvalue weighted by molar-refractivity contribution is 6.37. The number of hydrogen-bond donors (Lipinski definition) is 0. The van der Waals surface area contributed by atoms with Crippen LogP contribution in [0, 0.1) is 11.8 Å². The second-order valence-corrected chi connectivity index (χ2v) is 9.82. The lowest BCUT2D eigenvalue weighted by Gasteiger charge is -2.27. The molecule has 6 heteroatoms. The Bertz CT molecular complexity index is 1590. The summed E-state index contributed by atoms with van der Waals surface area (Å²) in [7, 11) is 0. The first-order chi connectivity index (χ1) is 18.5. The Balaban J connectivity index is 1.34. The fourth-order valence-corrected chi connectivity index (χ4v) is 6.15. The molecule has 38 heavy (non-hydrogen) atoms. The number of nitrogens with zero attached hydrogens (tertiary/aromatic N) is 1. The van der Waals surface area contributed by atoms with Crippen molar-refractivity contribution in [1.29, 1.82) is 0 Å². The van der Waals surface area contributed by atoms with Gasteiger partial charge in [0.15, 0.2) is 0 Å². The molecular formula is C32H21NO5. The lowest BCUT2D eigenvalue weighted by molar-refractivity contribution is -0.127. The Hall–Kier alpha value is -4.68. The summed E-state index contributed by atoms with van der Waals surface area (Å²) in [6, 6.07) is 32.4. The van der Waals surface area contributed by atoms with Gasteiger partial charge in [-0.2, -0.15) is 0 Å². The van der Waals surface area contributed by atoms with Gasteiger partial charge in [0, 0.05) is 11.1 Å². The second-order valence-electron chi connectivity index (χ2n) is 9.82. The van der Waals surface area contributed by atoms with E-state index in [2.05, 4.69) is 0 Å². The minimum Gasteiger partial charge on any atom is -0.349 e. The molecular weight excluding hydrogens is 478 g/mol. The number of carbonyl (C=O) groups is 4. The van der Waals surface area contributed by atoms with E-state index in [4.69, 9.17) is 4.74 Å². The molecule has 3 atom stereocenters. The van der Waals surface area contributed by atoms with Gasteiger partial charge in [0.05, 0.1) is 23.6 Å². The third-order valence-corrected chi connectivity index (χ3v) is 7.88. The van der Waals surface area contributed by atoms with Crippen molar-refractivity contribution in [1.82, 2.24) is 0 Å². The summed E-state index contributed by atoms with van der Waals surface area (Å²) in [6.07, 6.45) is -0.923.